The highest BCUT2D eigenvalue weighted by Gasteiger charge is 2.21. The number of hydrogen-bond donors (Lipinski definition) is 0. The van der Waals surface area contributed by atoms with Crippen LogP contribution in [0.3, 0.4) is 0 Å². The molecule has 0 fully saturated rings. The Morgan fingerprint density at radius 1 is 1.40 bits per heavy atom. The summed E-state index contributed by atoms with van der Waals surface area (Å²) in [5, 5.41) is 0. The van der Waals surface area contributed by atoms with Crippen LogP contribution >= 0.6 is 0 Å². The van der Waals surface area contributed by atoms with Gasteiger partial charge in [-0.25, -0.2) is 4.98 Å². The zero-order valence-corrected chi connectivity index (χ0v) is 7.93. The largest absolute Gasteiger partial charge is 0.454 e. The lowest BCUT2D eigenvalue weighted by molar-refractivity contribution is 0.590. The Labute approximate surface area is 62.3 Å². The van der Waals surface area contributed by atoms with Crippen LogP contribution < -0.4 is 5.51 Å². The Morgan fingerprint density at radius 2 is 2.00 bits per heavy atom. The number of hydrogen-bond acceptors (Lipinski definition) is 2. The van der Waals surface area contributed by atoms with Crippen molar-refractivity contribution in [3.8, 4) is 0 Å². The van der Waals surface area contributed by atoms with Crippen LogP contribution in [0.15, 0.2) is 10.7 Å². The molecule has 0 aliphatic heterocycles. The van der Waals surface area contributed by atoms with Gasteiger partial charge in [-0.1, -0.05) is 19.6 Å². The van der Waals surface area contributed by atoms with Gasteiger partial charge < -0.3 is 4.42 Å². The number of aromatic nitrogens is 1. The molecule has 1 aromatic heterocycles. The highest BCUT2D eigenvalue weighted by atomic mass is 28.3. The summed E-state index contributed by atoms with van der Waals surface area (Å²) in [7, 11) is -1.29. The zero-order valence-electron chi connectivity index (χ0n) is 6.93. The fraction of sp³-hybridized carbons (Fsp3) is 0.571. The van der Waals surface area contributed by atoms with Gasteiger partial charge in [0.1, 0.15) is 14.3 Å². The molecule has 1 heterocycles. The van der Waals surface area contributed by atoms with Crippen LogP contribution in [0.5, 0.6) is 0 Å². The summed E-state index contributed by atoms with van der Waals surface area (Å²) >= 11 is 0. The first kappa shape index (κ1) is 7.53. The van der Waals surface area contributed by atoms with Gasteiger partial charge in [0.25, 0.3) is 0 Å². The van der Waals surface area contributed by atoms with E-state index in [4.69, 9.17) is 4.42 Å². The molecule has 0 aliphatic carbocycles. The lowest BCUT2D eigenvalue weighted by Crippen LogP contribution is -2.38. The highest BCUT2D eigenvalue weighted by Crippen LogP contribution is 2.01. The average Bonchev–Trinajstić information content (AvgIpc) is 2.11. The molecule has 0 N–H and O–H groups in total. The molecule has 0 atom stereocenters. The maximum absolute atomic E-state index is 5.28. The molecule has 2 nitrogen and oxygen atoms in total. The Bertz CT molecular complexity index is 224. The Hall–Kier alpha value is -0.573. The first-order chi connectivity index (χ1) is 4.50. The highest BCUT2D eigenvalue weighted by molar-refractivity contribution is 6.87. The van der Waals surface area contributed by atoms with Gasteiger partial charge >= 0.3 is 0 Å². The molecule has 0 spiro atoms. The van der Waals surface area contributed by atoms with Gasteiger partial charge in [0.15, 0.2) is 5.51 Å². The summed E-state index contributed by atoms with van der Waals surface area (Å²) < 4.78 is 5.28. The SMILES string of the molecule is Cc1coc([Si](C)(C)C)n1. The van der Waals surface area contributed by atoms with Gasteiger partial charge in [-0.3, -0.25) is 0 Å². The predicted molar refractivity (Wildman–Crippen MR) is 44.2 cm³/mol. The van der Waals surface area contributed by atoms with Crippen molar-refractivity contribution in [2.24, 2.45) is 0 Å². The first-order valence-corrected chi connectivity index (χ1v) is 6.93. The van der Waals surface area contributed by atoms with E-state index in [0.29, 0.717) is 0 Å². The molecule has 10 heavy (non-hydrogen) atoms. The van der Waals surface area contributed by atoms with E-state index in [2.05, 4.69) is 24.6 Å². The molecule has 56 valence electrons. The van der Waals surface area contributed by atoms with E-state index >= 15 is 0 Å². The van der Waals surface area contributed by atoms with Crippen LogP contribution in [0.4, 0.5) is 0 Å². The van der Waals surface area contributed by atoms with E-state index in [0.717, 1.165) is 11.2 Å². The molecule has 0 saturated carbocycles. The van der Waals surface area contributed by atoms with Gasteiger partial charge in [-0.05, 0) is 6.92 Å². The molecule has 1 aromatic rings. The van der Waals surface area contributed by atoms with Crippen molar-refractivity contribution in [3.63, 3.8) is 0 Å². The maximum Gasteiger partial charge on any atom is 0.165 e. The van der Waals surface area contributed by atoms with Crippen molar-refractivity contribution < 1.29 is 4.42 Å². The van der Waals surface area contributed by atoms with Crippen LogP contribution in [0.1, 0.15) is 5.69 Å². The fourth-order valence-corrected chi connectivity index (χ4v) is 1.62. The molecule has 1 rings (SSSR count). The van der Waals surface area contributed by atoms with Crippen LogP contribution in [-0.2, 0) is 0 Å². The van der Waals surface area contributed by atoms with E-state index in [1.807, 2.05) is 6.92 Å². The van der Waals surface area contributed by atoms with Crippen molar-refractivity contribution in [2.75, 3.05) is 0 Å². The van der Waals surface area contributed by atoms with E-state index in [1.165, 1.54) is 0 Å². The van der Waals surface area contributed by atoms with Crippen molar-refractivity contribution >= 4 is 13.6 Å². The predicted octanol–water partition coefficient (Wildman–Crippen LogP) is 1.53. The normalized spacial score (nSPS) is 12.0. The second-order valence-corrected chi connectivity index (χ2v) is 8.47. The Kier molecular flexibility index (Phi) is 1.68. The third kappa shape index (κ3) is 1.47. The second kappa shape index (κ2) is 2.23. The number of nitrogens with zero attached hydrogens (tertiary/aromatic N) is 1. The molecule has 0 unspecified atom stereocenters. The summed E-state index contributed by atoms with van der Waals surface area (Å²) in [5.41, 5.74) is 1.93. The Morgan fingerprint density at radius 3 is 2.20 bits per heavy atom. The van der Waals surface area contributed by atoms with Crippen LogP contribution in [-0.4, -0.2) is 13.1 Å². The van der Waals surface area contributed by atoms with Gasteiger partial charge in [-0.2, -0.15) is 0 Å². The molecule has 3 heteroatoms. The molecule has 0 aliphatic rings. The van der Waals surface area contributed by atoms with E-state index in [9.17, 15) is 0 Å². The van der Waals surface area contributed by atoms with Crippen LogP contribution in [0, 0.1) is 6.92 Å². The quantitative estimate of drug-likeness (QED) is 0.575. The second-order valence-electron chi connectivity index (χ2n) is 3.54. The minimum atomic E-state index is -1.29. The molecular weight excluding hydrogens is 142 g/mol. The molecule has 0 saturated heterocycles. The van der Waals surface area contributed by atoms with Crippen molar-refractivity contribution in [2.45, 2.75) is 26.6 Å². The minimum Gasteiger partial charge on any atom is -0.454 e. The summed E-state index contributed by atoms with van der Waals surface area (Å²) in [6.07, 6.45) is 1.72. The molecule has 0 bridgehead atoms. The first-order valence-electron chi connectivity index (χ1n) is 3.43. The molecule has 0 aromatic carbocycles. The standard InChI is InChI=1S/C7H13NOSi/c1-6-5-9-7(8-6)10(2,3)4/h5H,1-4H3. The van der Waals surface area contributed by atoms with E-state index in [1.54, 1.807) is 6.26 Å². The third-order valence-corrected chi connectivity index (χ3v) is 2.77. The molecule has 0 amide bonds. The summed E-state index contributed by atoms with van der Waals surface area (Å²) in [6.45, 7) is 8.61. The van der Waals surface area contributed by atoms with Crippen LogP contribution in [0.2, 0.25) is 19.6 Å². The minimum absolute atomic E-state index is 0.949. The summed E-state index contributed by atoms with van der Waals surface area (Å²) in [5.74, 6) is 0. The summed E-state index contributed by atoms with van der Waals surface area (Å²) in [6, 6.07) is 0. The topological polar surface area (TPSA) is 26.0 Å². The lowest BCUT2D eigenvalue weighted by Gasteiger charge is -2.08. The third-order valence-electron chi connectivity index (χ3n) is 1.26. The smallest absolute Gasteiger partial charge is 0.165 e. The number of rotatable bonds is 1. The van der Waals surface area contributed by atoms with E-state index in [-0.39, 0.29) is 0 Å². The lowest BCUT2D eigenvalue weighted by atomic mass is 10.6. The monoisotopic (exact) mass is 155 g/mol. The van der Waals surface area contributed by atoms with E-state index < -0.39 is 8.07 Å². The average molecular weight is 155 g/mol. The molecule has 0 radical (unpaired) electrons. The van der Waals surface area contributed by atoms with Crippen LogP contribution in [0.25, 0.3) is 0 Å². The van der Waals surface area contributed by atoms with Gasteiger partial charge in [0, 0.05) is 0 Å². The number of oxazole rings is 1. The van der Waals surface area contributed by atoms with Gasteiger partial charge in [-0.15, -0.1) is 0 Å². The Balaban J connectivity index is 2.96. The fourth-order valence-electron chi connectivity index (χ4n) is 0.698. The zero-order chi connectivity index (χ0) is 7.78. The number of aryl methyl sites for hydroxylation is 1. The van der Waals surface area contributed by atoms with Crippen molar-refractivity contribution in [3.05, 3.63) is 12.0 Å². The van der Waals surface area contributed by atoms with Gasteiger partial charge in [0.2, 0.25) is 0 Å². The van der Waals surface area contributed by atoms with Crippen molar-refractivity contribution in [1.82, 2.24) is 4.98 Å². The maximum atomic E-state index is 5.28. The van der Waals surface area contributed by atoms with Crippen molar-refractivity contribution in [1.29, 1.82) is 0 Å². The summed E-state index contributed by atoms with van der Waals surface area (Å²) in [4.78, 5) is 4.28. The molecular formula is C7H13NOSi. The van der Waals surface area contributed by atoms with Gasteiger partial charge in [0.05, 0.1) is 5.69 Å².